The van der Waals surface area contributed by atoms with Crippen molar-refractivity contribution in [2.75, 3.05) is 12.4 Å². The molecule has 0 unspecified atom stereocenters. The summed E-state index contributed by atoms with van der Waals surface area (Å²) in [7, 11) is 0. The minimum absolute atomic E-state index is 0.254. The molecule has 0 aliphatic heterocycles. The highest BCUT2D eigenvalue weighted by Gasteiger charge is 2.36. The van der Waals surface area contributed by atoms with Crippen molar-refractivity contribution in [3.05, 3.63) is 35.5 Å². The molecule has 0 atom stereocenters. The smallest absolute Gasteiger partial charge is 0.145 e. The van der Waals surface area contributed by atoms with Crippen molar-refractivity contribution < 1.29 is 4.74 Å². The van der Waals surface area contributed by atoms with Crippen molar-refractivity contribution in [1.82, 2.24) is 4.98 Å². The summed E-state index contributed by atoms with van der Waals surface area (Å²) in [6, 6.07) is 7.63. The summed E-state index contributed by atoms with van der Waals surface area (Å²) >= 11 is 10.6. The molecule has 1 aromatic carbocycles. The fourth-order valence-electron chi connectivity index (χ4n) is 2.48. The number of fused-ring (bicyclic) bond motifs is 1. The first-order valence-corrected chi connectivity index (χ1v) is 7.52. The molecule has 0 N–H and O–H groups in total. The van der Waals surface area contributed by atoms with Crippen molar-refractivity contribution in [3.63, 3.8) is 0 Å². The number of aromatic nitrogens is 1. The van der Waals surface area contributed by atoms with Gasteiger partial charge in [0.05, 0.1) is 11.6 Å². The van der Waals surface area contributed by atoms with E-state index in [4.69, 9.17) is 16.3 Å². The zero-order valence-corrected chi connectivity index (χ0v) is 12.3. The summed E-state index contributed by atoms with van der Waals surface area (Å²) in [4.78, 5) is 4.38. The lowest BCUT2D eigenvalue weighted by molar-refractivity contribution is 0.0837. The maximum absolute atomic E-state index is 6.18. The second-order valence-electron chi connectivity index (χ2n) is 5.25. The monoisotopic (exact) mass is 293 g/mol. The quantitative estimate of drug-likeness (QED) is 0.846. The van der Waals surface area contributed by atoms with Crippen LogP contribution in [0.4, 0.5) is 0 Å². The number of pyridine rings is 1. The molecule has 2 aromatic rings. The summed E-state index contributed by atoms with van der Waals surface area (Å²) in [6.07, 6.45) is 5.46. The van der Waals surface area contributed by atoms with Crippen LogP contribution in [0, 0.1) is 5.41 Å². The van der Waals surface area contributed by atoms with Gasteiger partial charge in [0.2, 0.25) is 0 Å². The predicted octanol–water partition coefficient (Wildman–Crippen LogP) is 4.37. The van der Waals surface area contributed by atoms with E-state index in [2.05, 4.69) is 17.6 Å². The Hall–Kier alpha value is -0.930. The average molecular weight is 294 g/mol. The lowest BCUT2D eigenvalue weighted by Crippen LogP contribution is -2.37. The third-order valence-electron chi connectivity index (χ3n) is 3.96. The van der Waals surface area contributed by atoms with Crippen LogP contribution in [0.2, 0.25) is 5.02 Å². The van der Waals surface area contributed by atoms with Crippen LogP contribution in [0.25, 0.3) is 10.9 Å². The van der Waals surface area contributed by atoms with Gasteiger partial charge in [0, 0.05) is 17.0 Å². The van der Waals surface area contributed by atoms with E-state index >= 15 is 0 Å². The number of hydrogen-bond acceptors (Lipinski definition) is 3. The van der Waals surface area contributed by atoms with E-state index in [1.54, 1.807) is 6.20 Å². The lowest BCUT2D eigenvalue weighted by Gasteiger charge is -2.40. The zero-order valence-electron chi connectivity index (χ0n) is 10.6. The van der Waals surface area contributed by atoms with E-state index < -0.39 is 0 Å². The Morgan fingerprint density at radius 3 is 2.84 bits per heavy atom. The van der Waals surface area contributed by atoms with Gasteiger partial charge in [0.25, 0.3) is 0 Å². The SMILES string of the molecule is SCC1(COc2ccc(Cl)c3cccnc23)CCC1. The summed E-state index contributed by atoms with van der Waals surface area (Å²) in [6.45, 7) is 0.712. The van der Waals surface area contributed by atoms with E-state index in [1.165, 1.54) is 19.3 Å². The highest BCUT2D eigenvalue weighted by molar-refractivity contribution is 7.80. The molecular weight excluding hydrogens is 278 g/mol. The minimum Gasteiger partial charge on any atom is -0.491 e. The highest BCUT2D eigenvalue weighted by Crippen LogP contribution is 2.42. The molecule has 1 aliphatic carbocycles. The average Bonchev–Trinajstić information content (AvgIpc) is 2.41. The molecule has 1 fully saturated rings. The van der Waals surface area contributed by atoms with Crippen LogP contribution < -0.4 is 4.74 Å². The van der Waals surface area contributed by atoms with Crippen molar-refractivity contribution in [1.29, 1.82) is 0 Å². The second kappa shape index (κ2) is 5.22. The minimum atomic E-state index is 0.254. The first kappa shape index (κ1) is 13.1. The van der Waals surface area contributed by atoms with Gasteiger partial charge in [-0.1, -0.05) is 18.0 Å². The fourth-order valence-corrected chi connectivity index (χ4v) is 3.11. The van der Waals surface area contributed by atoms with Crippen molar-refractivity contribution >= 4 is 35.1 Å². The molecule has 0 spiro atoms. The number of hydrogen-bond donors (Lipinski definition) is 1. The van der Waals surface area contributed by atoms with Crippen molar-refractivity contribution in [2.45, 2.75) is 19.3 Å². The highest BCUT2D eigenvalue weighted by atomic mass is 35.5. The first-order valence-electron chi connectivity index (χ1n) is 6.51. The summed E-state index contributed by atoms with van der Waals surface area (Å²) in [5, 5.41) is 1.65. The lowest BCUT2D eigenvalue weighted by atomic mass is 9.71. The third kappa shape index (κ3) is 2.41. The molecule has 1 heterocycles. The Morgan fingerprint density at radius 1 is 1.32 bits per heavy atom. The van der Waals surface area contributed by atoms with Gasteiger partial charge in [0.15, 0.2) is 0 Å². The molecule has 3 rings (SSSR count). The van der Waals surface area contributed by atoms with Crippen LogP contribution in [0.1, 0.15) is 19.3 Å². The maximum Gasteiger partial charge on any atom is 0.145 e. The number of nitrogens with zero attached hydrogens (tertiary/aromatic N) is 1. The van der Waals surface area contributed by atoms with Crippen LogP contribution in [-0.4, -0.2) is 17.3 Å². The van der Waals surface area contributed by atoms with E-state index in [9.17, 15) is 0 Å². The number of benzene rings is 1. The van der Waals surface area contributed by atoms with Gasteiger partial charge in [0.1, 0.15) is 11.3 Å². The maximum atomic E-state index is 6.18. The van der Waals surface area contributed by atoms with Crippen LogP contribution >= 0.6 is 24.2 Å². The molecular formula is C15H16ClNOS. The van der Waals surface area contributed by atoms with Crippen LogP contribution in [0.15, 0.2) is 30.5 Å². The van der Waals surface area contributed by atoms with Crippen LogP contribution in [-0.2, 0) is 0 Å². The summed E-state index contributed by atoms with van der Waals surface area (Å²) < 4.78 is 6.00. The van der Waals surface area contributed by atoms with Gasteiger partial charge in [-0.15, -0.1) is 0 Å². The third-order valence-corrected chi connectivity index (χ3v) is 4.96. The molecule has 0 radical (unpaired) electrons. The van der Waals surface area contributed by atoms with Gasteiger partial charge in [-0.2, -0.15) is 12.6 Å². The molecule has 1 saturated carbocycles. The Bertz CT molecular complexity index is 592. The largest absolute Gasteiger partial charge is 0.491 e. The number of ether oxygens (including phenoxy) is 1. The first-order chi connectivity index (χ1) is 9.24. The summed E-state index contributed by atoms with van der Waals surface area (Å²) in [5.41, 5.74) is 1.09. The van der Waals surface area contributed by atoms with Gasteiger partial charge < -0.3 is 4.74 Å². The molecule has 0 amide bonds. The fraction of sp³-hybridized carbons (Fsp3) is 0.400. The van der Waals surface area contributed by atoms with Gasteiger partial charge in [-0.3, -0.25) is 4.98 Å². The zero-order chi connectivity index (χ0) is 13.3. The van der Waals surface area contributed by atoms with Gasteiger partial charge >= 0.3 is 0 Å². The van der Waals surface area contributed by atoms with E-state index in [0.717, 1.165) is 22.4 Å². The van der Waals surface area contributed by atoms with Crippen LogP contribution in [0.3, 0.4) is 0 Å². The van der Waals surface area contributed by atoms with E-state index in [-0.39, 0.29) is 5.41 Å². The van der Waals surface area contributed by atoms with Gasteiger partial charge in [-0.25, -0.2) is 0 Å². The van der Waals surface area contributed by atoms with Gasteiger partial charge in [-0.05, 0) is 42.9 Å². The number of halogens is 1. The van der Waals surface area contributed by atoms with E-state index in [0.29, 0.717) is 11.6 Å². The summed E-state index contributed by atoms with van der Waals surface area (Å²) in [5.74, 6) is 1.69. The molecule has 100 valence electrons. The molecule has 4 heteroatoms. The molecule has 19 heavy (non-hydrogen) atoms. The second-order valence-corrected chi connectivity index (χ2v) is 5.97. The molecule has 1 aliphatic rings. The Morgan fingerprint density at radius 2 is 2.16 bits per heavy atom. The Kier molecular flexibility index (Phi) is 3.59. The van der Waals surface area contributed by atoms with E-state index in [1.807, 2.05) is 24.3 Å². The molecule has 1 aromatic heterocycles. The normalized spacial score (nSPS) is 17.2. The van der Waals surface area contributed by atoms with Crippen molar-refractivity contribution in [3.8, 4) is 5.75 Å². The molecule has 0 saturated heterocycles. The van der Waals surface area contributed by atoms with Crippen LogP contribution in [0.5, 0.6) is 5.75 Å². The number of rotatable bonds is 4. The predicted molar refractivity (Wildman–Crippen MR) is 82.4 cm³/mol. The number of thiol groups is 1. The topological polar surface area (TPSA) is 22.1 Å². The Labute approximate surface area is 123 Å². The Balaban J connectivity index is 1.87. The molecule has 2 nitrogen and oxygen atoms in total. The molecule has 0 bridgehead atoms. The van der Waals surface area contributed by atoms with Crippen molar-refractivity contribution in [2.24, 2.45) is 5.41 Å². The standard InChI is InChI=1S/C15H16ClNOS/c16-12-4-5-13(14-11(12)3-1-8-17-14)18-9-15(10-19)6-2-7-15/h1,3-5,8,19H,2,6-7,9-10H2.